The summed E-state index contributed by atoms with van der Waals surface area (Å²) in [5.41, 5.74) is 1.06. The molecule has 0 aromatic rings. The van der Waals surface area contributed by atoms with E-state index in [4.69, 9.17) is 5.21 Å². The number of fused-ring (bicyclic) bond motifs is 2. The van der Waals surface area contributed by atoms with Gasteiger partial charge in [0.05, 0.1) is 11.8 Å². The van der Waals surface area contributed by atoms with E-state index in [-0.39, 0.29) is 0 Å². The van der Waals surface area contributed by atoms with Gasteiger partial charge < -0.3 is 5.21 Å². The highest BCUT2D eigenvalue weighted by atomic mass is 16.4. The second-order valence-corrected chi connectivity index (χ2v) is 4.46. The Balaban J connectivity index is 2.17. The van der Waals surface area contributed by atoms with Crippen LogP contribution in [0.3, 0.4) is 0 Å². The third kappa shape index (κ3) is 1.34. The molecule has 3 heteroatoms. The smallest absolute Gasteiger partial charge is 0.0775 e. The van der Waals surface area contributed by atoms with Crippen LogP contribution in [0.2, 0.25) is 0 Å². The van der Waals surface area contributed by atoms with Crippen LogP contribution in [0.4, 0.5) is 0 Å². The Morgan fingerprint density at radius 2 is 2.07 bits per heavy atom. The Morgan fingerprint density at radius 3 is 2.64 bits per heavy atom. The van der Waals surface area contributed by atoms with Crippen LogP contribution in [-0.2, 0) is 0 Å². The van der Waals surface area contributed by atoms with Crippen LogP contribution in [-0.4, -0.2) is 35.0 Å². The number of rotatable bonds is 3. The van der Waals surface area contributed by atoms with Crippen molar-refractivity contribution in [2.45, 2.75) is 39.2 Å². The fourth-order valence-corrected chi connectivity index (χ4v) is 3.30. The average molecular weight is 196 g/mol. The zero-order chi connectivity index (χ0) is 10.1. The van der Waals surface area contributed by atoms with Crippen LogP contribution in [0.25, 0.3) is 0 Å². The maximum absolute atomic E-state index is 9.06. The Labute approximate surface area is 85.8 Å². The SMILES string of the molecule is CCN(CC)[C@H]1/C(=N/O)[C@H]2CC[C@H]1C2. The van der Waals surface area contributed by atoms with Gasteiger partial charge in [-0.2, -0.15) is 0 Å². The molecule has 2 aliphatic rings. The topological polar surface area (TPSA) is 35.8 Å². The van der Waals surface area contributed by atoms with Crippen LogP contribution in [0, 0.1) is 11.8 Å². The van der Waals surface area contributed by atoms with Gasteiger partial charge in [-0.25, -0.2) is 0 Å². The second kappa shape index (κ2) is 3.89. The van der Waals surface area contributed by atoms with Gasteiger partial charge in [-0.15, -0.1) is 0 Å². The molecule has 0 aromatic heterocycles. The molecule has 0 aliphatic heterocycles. The van der Waals surface area contributed by atoms with Crippen LogP contribution in [0.15, 0.2) is 5.16 Å². The van der Waals surface area contributed by atoms with E-state index in [0.29, 0.717) is 12.0 Å². The van der Waals surface area contributed by atoms with Crippen molar-refractivity contribution in [1.29, 1.82) is 0 Å². The third-order valence-corrected chi connectivity index (χ3v) is 3.96. The van der Waals surface area contributed by atoms with Crippen LogP contribution < -0.4 is 0 Å². The molecule has 1 N–H and O–H groups in total. The molecule has 2 rings (SSSR count). The van der Waals surface area contributed by atoms with Crippen LogP contribution >= 0.6 is 0 Å². The molecule has 80 valence electrons. The lowest BCUT2D eigenvalue weighted by Gasteiger charge is -2.33. The van der Waals surface area contributed by atoms with Gasteiger partial charge in [0.1, 0.15) is 0 Å². The second-order valence-electron chi connectivity index (χ2n) is 4.46. The molecule has 0 amide bonds. The fraction of sp³-hybridized carbons (Fsp3) is 0.909. The van der Waals surface area contributed by atoms with E-state index in [9.17, 15) is 0 Å². The summed E-state index contributed by atoms with van der Waals surface area (Å²) in [6.07, 6.45) is 3.81. The molecule has 0 heterocycles. The standard InChI is InChI=1S/C11H20N2O/c1-3-13(4-2)11-9-6-5-8(7-9)10(11)12-14/h8-9,11,14H,3-7H2,1-2H3/b12-10+/t8-,9-,11+/m0/s1. The van der Waals surface area contributed by atoms with Gasteiger partial charge in [-0.3, -0.25) is 4.90 Å². The lowest BCUT2D eigenvalue weighted by atomic mass is 9.92. The monoisotopic (exact) mass is 196 g/mol. The summed E-state index contributed by atoms with van der Waals surface area (Å²) in [5.74, 6) is 1.33. The van der Waals surface area contributed by atoms with E-state index in [2.05, 4.69) is 23.9 Å². The average Bonchev–Trinajstić information content (AvgIpc) is 2.79. The minimum absolute atomic E-state index is 0.439. The van der Waals surface area contributed by atoms with Crippen LogP contribution in [0.1, 0.15) is 33.1 Å². The normalized spacial score (nSPS) is 38.8. The van der Waals surface area contributed by atoms with E-state index in [1.54, 1.807) is 0 Å². The van der Waals surface area contributed by atoms with Crippen molar-refractivity contribution in [1.82, 2.24) is 4.90 Å². The van der Waals surface area contributed by atoms with Gasteiger partial charge in [0.25, 0.3) is 0 Å². The highest BCUT2D eigenvalue weighted by Gasteiger charge is 2.47. The van der Waals surface area contributed by atoms with E-state index < -0.39 is 0 Å². The van der Waals surface area contributed by atoms with E-state index >= 15 is 0 Å². The Hall–Kier alpha value is -0.570. The van der Waals surface area contributed by atoms with Crippen molar-refractivity contribution in [3.8, 4) is 0 Å². The maximum Gasteiger partial charge on any atom is 0.0775 e. The zero-order valence-electron chi connectivity index (χ0n) is 9.11. The summed E-state index contributed by atoms with van der Waals surface area (Å²) in [4.78, 5) is 2.43. The summed E-state index contributed by atoms with van der Waals surface area (Å²) < 4.78 is 0. The number of hydrogen-bond donors (Lipinski definition) is 1. The van der Waals surface area contributed by atoms with E-state index in [1.807, 2.05) is 0 Å². The summed E-state index contributed by atoms with van der Waals surface area (Å²) in [7, 11) is 0. The summed E-state index contributed by atoms with van der Waals surface area (Å²) >= 11 is 0. The predicted octanol–water partition coefficient (Wildman–Crippen LogP) is 1.96. The first kappa shape index (κ1) is 9.97. The van der Waals surface area contributed by atoms with Crippen molar-refractivity contribution >= 4 is 5.71 Å². The van der Waals surface area contributed by atoms with Crippen molar-refractivity contribution < 1.29 is 5.21 Å². The van der Waals surface area contributed by atoms with Crippen molar-refractivity contribution in [3.63, 3.8) is 0 Å². The number of nitrogens with zero attached hydrogens (tertiary/aromatic N) is 2. The van der Waals surface area contributed by atoms with Gasteiger partial charge >= 0.3 is 0 Å². The minimum Gasteiger partial charge on any atom is -0.411 e. The van der Waals surface area contributed by atoms with Gasteiger partial charge in [-0.05, 0) is 38.3 Å². The van der Waals surface area contributed by atoms with Crippen molar-refractivity contribution in [2.75, 3.05) is 13.1 Å². The molecular formula is C11H20N2O. The first-order valence-electron chi connectivity index (χ1n) is 5.77. The highest BCUT2D eigenvalue weighted by molar-refractivity contribution is 5.94. The van der Waals surface area contributed by atoms with E-state index in [0.717, 1.165) is 24.7 Å². The highest BCUT2D eigenvalue weighted by Crippen LogP contribution is 2.44. The van der Waals surface area contributed by atoms with Gasteiger partial charge in [-0.1, -0.05) is 19.0 Å². The summed E-state index contributed by atoms with van der Waals surface area (Å²) in [5, 5.41) is 12.6. The maximum atomic E-state index is 9.06. The minimum atomic E-state index is 0.439. The molecule has 0 saturated heterocycles. The Bertz CT molecular complexity index is 235. The van der Waals surface area contributed by atoms with Gasteiger partial charge in [0, 0.05) is 5.92 Å². The first-order valence-corrected chi connectivity index (χ1v) is 5.77. The van der Waals surface area contributed by atoms with Gasteiger partial charge in [0.2, 0.25) is 0 Å². The molecule has 0 aromatic carbocycles. The van der Waals surface area contributed by atoms with Crippen molar-refractivity contribution in [3.05, 3.63) is 0 Å². The molecule has 2 saturated carbocycles. The largest absolute Gasteiger partial charge is 0.411 e. The van der Waals surface area contributed by atoms with E-state index in [1.165, 1.54) is 19.3 Å². The number of oxime groups is 1. The molecule has 3 nitrogen and oxygen atoms in total. The molecule has 0 unspecified atom stereocenters. The summed E-state index contributed by atoms with van der Waals surface area (Å²) in [6, 6.07) is 0.439. The Kier molecular flexibility index (Phi) is 2.77. The molecule has 0 spiro atoms. The molecule has 0 radical (unpaired) electrons. The fourth-order valence-electron chi connectivity index (χ4n) is 3.30. The van der Waals surface area contributed by atoms with Crippen molar-refractivity contribution in [2.24, 2.45) is 17.0 Å². The van der Waals surface area contributed by atoms with Crippen LogP contribution in [0.5, 0.6) is 0 Å². The molecule has 2 aliphatic carbocycles. The lowest BCUT2D eigenvalue weighted by molar-refractivity contribution is 0.209. The molecule has 14 heavy (non-hydrogen) atoms. The quantitative estimate of drug-likeness (QED) is 0.553. The van der Waals surface area contributed by atoms with Gasteiger partial charge in [0.15, 0.2) is 0 Å². The number of hydrogen-bond acceptors (Lipinski definition) is 3. The Morgan fingerprint density at radius 1 is 1.36 bits per heavy atom. The molecule has 2 fully saturated rings. The zero-order valence-corrected chi connectivity index (χ0v) is 9.11. The molecular weight excluding hydrogens is 176 g/mol. The molecule has 3 atom stereocenters. The summed E-state index contributed by atoms with van der Waals surface area (Å²) in [6.45, 7) is 6.49. The molecule has 2 bridgehead atoms. The first-order chi connectivity index (χ1) is 6.81. The lowest BCUT2D eigenvalue weighted by Crippen LogP contribution is -2.44. The predicted molar refractivity (Wildman–Crippen MR) is 56.8 cm³/mol. The third-order valence-electron chi connectivity index (χ3n) is 3.96.